The van der Waals surface area contributed by atoms with E-state index in [0.29, 0.717) is 0 Å². The van der Waals surface area contributed by atoms with E-state index in [2.05, 4.69) is 164 Å². The van der Waals surface area contributed by atoms with Gasteiger partial charge in [0.05, 0.1) is 5.56 Å². The van der Waals surface area contributed by atoms with Crippen LogP contribution in [-0.4, -0.2) is 0 Å². The highest BCUT2D eigenvalue weighted by Gasteiger charge is 2.23. The van der Waals surface area contributed by atoms with Crippen molar-refractivity contribution in [2.45, 2.75) is 0 Å². The zero-order chi connectivity index (χ0) is 32.8. The van der Waals surface area contributed by atoms with Crippen LogP contribution in [0.1, 0.15) is 0 Å². The fraction of sp³-hybridized carbons (Fsp3) is 0. The Kier molecular flexibility index (Phi) is 5.70. The lowest BCUT2D eigenvalue weighted by Crippen LogP contribution is -1.91. The SMILES string of the molecule is c1ccc(-c2c3ccccc3c(-c3cccc(-c4c5oc6ccccc6c5cc5c4oc4c6ccccc6ccc54)c3)c3ccccc23)cc1. The lowest BCUT2D eigenvalue weighted by Gasteiger charge is -2.18. The predicted octanol–water partition coefficient (Wildman–Crippen LogP) is 13.9. The molecular weight excluding hydrogens is 609 g/mol. The van der Waals surface area contributed by atoms with E-state index >= 15 is 0 Å². The third-order valence-electron chi connectivity index (χ3n) is 10.4. The minimum absolute atomic E-state index is 0.841. The Bertz CT molecular complexity index is 3080. The van der Waals surface area contributed by atoms with Crippen LogP contribution < -0.4 is 0 Å². The average Bonchev–Trinajstić information content (AvgIpc) is 3.74. The van der Waals surface area contributed by atoms with E-state index in [4.69, 9.17) is 8.83 Å². The summed E-state index contributed by atoms with van der Waals surface area (Å²) in [6, 6.07) is 60.7. The molecule has 0 saturated carbocycles. The first-order valence-corrected chi connectivity index (χ1v) is 17.1. The lowest BCUT2D eigenvalue weighted by molar-refractivity contribution is 0.660. The van der Waals surface area contributed by atoms with Gasteiger partial charge in [-0.3, -0.25) is 0 Å². The van der Waals surface area contributed by atoms with Crippen LogP contribution >= 0.6 is 0 Å². The fourth-order valence-corrected chi connectivity index (χ4v) is 8.26. The summed E-state index contributed by atoms with van der Waals surface area (Å²) in [6.07, 6.45) is 0. The third kappa shape index (κ3) is 3.85. The third-order valence-corrected chi connectivity index (χ3v) is 10.4. The monoisotopic (exact) mass is 636 g/mol. The van der Waals surface area contributed by atoms with Gasteiger partial charge in [0.25, 0.3) is 0 Å². The standard InChI is InChI=1S/C48H28O2/c1-2-14-30(15-3-1)43-35-20-6-8-22-37(35)44(38-23-9-7-21-36(38)43)31-16-12-17-32(27-31)45-47-40(34-19-10-11-24-42(34)49-47)28-41-39-26-25-29-13-4-5-18-33(29)46(39)50-48(41)45/h1-28H. The smallest absolute Gasteiger partial charge is 0.147 e. The molecule has 0 fully saturated rings. The van der Waals surface area contributed by atoms with Gasteiger partial charge in [-0.2, -0.15) is 0 Å². The van der Waals surface area contributed by atoms with Crippen LogP contribution in [0, 0.1) is 0 Å². The Hall–Kier alpha value is -6.64. The van der Waals surface area contributed by atoms with Crippen LogP contribution in [0.15, 0.2) is 179 Å². The van der Waals surface area contributed by atoms with Crippen LogP contribution in [0.3, 0.4) is 0 Å². The predicted molar refractivity (Wildman–Crippen MR) is 210 cm³/mol. The van der Waals surface area contributed by atoms with Gasteiger partial charge >= 0.3 is 0 Å². The van der Waals surface area contributed by atoms with Gasteiger partial charge in [-0.1, -0.05) is 146 Å². The number of hydrogen-bond acceptors (Lipinski definition) is 2. The molecule has 0 spiro atoms. The van der Waals surface area contributed by atoms with Crippen LogP contribution in [-0.2, 0) is 0 Å². The van der Waals surface area contributed by atoms with Crippen LogP contribution in [0.4, 0.5) is 0 Å². The molecule has 0 bridgehead atoms. The van der Waals surface area contributed by atoms with Gasteiger partial charge in [0.2, 0.25) is 0 Å². The molecule has 0 N–H and O–H groups in total. The van der Waals surface area contributed by atoms with Crippen molar-refractivity contribution in [3.05, 3.63) is 170 Å². The molecule has 0 aliphatic rings. The van der Waals surface area contributed by atoms with E-state index < -0.39 is 0 Å². The normalized spacial score (nSPS) is 12.0. The molecular formula is C48H28O2. The first-order chi connectivity index (χ1) is 24.8. The maximum atomic E-state index is 6.95. The second-order valence-electron chi connectivity index (χ2n) is 13.2. The first kappa shape index (κ1) is 27.3. The molecule has 232 valence electrons. The average molecular weight is 637 g/mol. The molecule has 11 aromatic rings. The Morgan fingerprint density at radius 3 is 1.50 bits per heavy atom. The molecule has 0 radical (unpaired) electrons. The van der Waals surface area contributed by atoms with E-state index in [9.17, 15) is 0 Å². The first-order valence-electron chi connectivity index (χ1n) is 17.1. The highest BCUT2D eigenvalue weighted by Crippen LogP contribution is 2.48. The summed E-state index contributed by atoms with van der Waals surface area (Å²) in [4.78, 5) is 0. The highest BCUT2D eigenvalue weighted by atomic mass is 16.3. The van der Waals surface area contributed by atoms with Crippen molar-refractivity contribution in [1.82, 2.24) is 0 Å². The molecule has 0 unspecified atom stereocenters. The Morgan fingerprint density at radius 2 is 0.780 bits per heavy atom. The Morgan fingerprint density at radius 1 is 0.260 bits per heavy atom. The highest BCUT2D eigenvalue weighted by molar-refractivity contribution is 6.25. The molecule has 2 aromatic heterocycles. The maximum Gasteiger partial charge on any atom is 0.147 e. The molecule has 2 heteroatoms. The van der Waals surface area contributed by atoms with Crippen molar-refractivity contribution in [2.24, 2.45) is 0 Å². The Balaban J connectivity index is 1.25. The molecule has 0 atom stereocenters. The van der Waals surface area contributed by atoms with E-state index in [1.54, 1.807) is 0 Å². The van der Waals surface area contributed by atoms with Gasteiger partial charge in [-0.15, -0.1) is 0 Å². The summed E-state index contributed by atoms with van der Waals surface area (Å²) >= 11 is 0. The summed E-state index contributed by atoms with van der Waals surface area (Å²) in [5.74, 6) is 0. The molecule has 11 rings (SSSR count). The van der Waals surface area contributed by atoms with Gasteiger partial charge in [-0.05, 0) is 79.0 Å². The number of rotatable bonds is 3. The summed E-state index contributed by atoms with van der Waals surface area (Å²) in [7, 11) is 0. The van der Waals surface area contributed by atoms with E-state index in [0.717, 1.165) is 71.3 Å². The van der Waals surface area contributed by atoms with Gasteiger partial charge < -0.3 is 8.83 Å². The number of hydrogen-bond donors (Lipinski definition) is 0. The van der Waals surface area contributed by atoms with Crippen molar-refractivity contribution in [3.63, 3.8) is 0 Å². The minimum Gasteiger partial charge on any atom is -0.455 e. The minimum atomic E-state index is 0.841. The summed E-state index contributed by atoms with van der Waals surface area (Å²) in [5, 5.41) is 11.6. The largest absolute Gasteiger partial charge is 0.455 e. The molecule has 0 saturated heterocycles. The quantitative estimate of drug-likeness (QED) is 0.180. The zero-order valence-electron chi connectivity index (χ0n) is 27.0. The van der Waals surface area contributed by atoms with Gasteiger partial charge in [0.15, 0.2) is 0 Å². The van der Waals surface area contributed by atoms with Crippen molar-refractivity contribution >= 4 is 76.2 Å². The summed E-state index contributed by atoms with van der Waals surface area (Å²) < 4.78 is 13.7. The molecule has 50 heavy (non-hydrogen) atoms. The second kappa shape index (κ2) is 10.4. The van der Waals surface area contributed by atoms with Crippen LogP contribution in [0.5, 0.6) is 0 Å². The molecule has 0 amide bonds. The van der Waals surface area contributed by atoms with Crippen molar-refractivity contribution in [2.75, 3.05) is 0 Å². The van der Waals surface area contributed by atoms with E-state index in [1.807, 2.05) is 6.07 Å². The molecule has 9 aromatic carbocycles. The number of benzene rings is 9. The lowest BCUT2D eigenvalue weighted by atomic mass is 9.85. The van der Waals surface area contributed by atoms with E-state index in [-0.39, 0.29) is 0 Å². The summed E-state index contributed by atoms with van der Waals surface area (Å²) in [6.45, 7) is 0. The van der Waals surface area contributed by atoms with Crippen molar-refractivity contribution in [1.29, 1.82) is 0 Å². The topological polar surface area (TPSA) is 26.3 Å². The van der Waals surface area contributed by atoms with Crippen LogP contribution in [0.25, 0.3) is 110 Å². The number of para-hydroxylation sites is 1. The van der Waals surface area contributed by atoms with Gasteiger partial charge in [-0.25, -0.2) is 0 Å². The number of fused-ring (bicyclic) bond motifs is 10. The second-order valence-corrected chi connectivity index (χ2v) is 13.2. The maximum absolute atomic E-state index is 6.95. The van der Waals surface area contributed by atoms with Crippen molar-refractivity contribution < 1.29 is 8.83 Å². The van der Waals surface area contributed by atoms with Crippen molar-refractivity contribution in [3.8, 4) is 33.4 Å². The zero-order valence-corrected chi connectivity index (χ0v) is 27.0. The van der Waals surface area contributed by atoms with E-state index in [1.165, 1.54) is 38.2 Å². The number of furan rings is 2. The molecule has 0 aliphatic heterocycles. The Labute approximate surface area is 287 Å². The van der Waals surface area contributed by atoms with Gasteiger partial charge in [0, 0.05) is 26.9 Å². The summed E-state index contributed by atoms with van der Waals surface area (Å²) in [5.41, 5.74) is 10.3. The fourth-order valence-electron chi connectivity index (χ4n) is 8.26. The molecule has 2 nitrogen and oxygen atoms in total. The molecule has 2 heterocycles. The molecule has 0 aliphatic carbocycles. The van der Waals surface area contributed by atoms with Crippen LogP contribution in [0.2, 0.25) is 0 Å². The van der Waals surface area contributed by atoms with Gasteiger partial charge in [0.1, 0.15) is 22.3 Å².